The molecule has 3 aromatic rings. The van der Waals surface area contributed by atoms with Gasteiger partial charge in [-0.15, -0.1) is 0 Å². The number of sulfonamides is 1. The second kappa shape index (κ2) is 7.54. The molecule has 1 saturated heterocycles. The Morgan fingerprint density at radius 2 is 1.86 bits per heavy atom. The molecular formula is C20H18N4O3S. The SMILES string of the molecule is N#Cc1ccc(-c2cccc(S(=O)(=O)N3CCC(c4cnco4)CC3)n2)cc1. The normalized spacial score (nSPS) is 16.0. The van der Waals surface area contributed by atoms with Gasteiger partial charge in [-0.05, 0) is 37.1 Å². The number of hydrogen-bond donors (Lipinski definition) is 0. The van der Waals surface area contributed by atoms with Crippen molar-refractivity contribution < 1.29 is 12.8 Å². The number of pyridine rings is 1. The van der Waals surface area contributed by atoms with E-state index in [9.17, 15) is 8.42 Å². The third kappa shape index (κ3) is 3.54. The molecule has 1 aromatic carbocycles. The van der Waals surface area contributed by atoms with Crippen molar-refractivity contribution >= 4 is 10.0 Å². The maximum absolute atomic E-state index is 13.0. The molecule has 3 heterocycles. The first-order valence-corrected chi connectivity index (χ1v) is 10.4. The summed E-state index contributed by atoms with van der Waals surface area (Å²) in [6.07, 6.45) is 4.46. The molecule has 7 nitrogen and oxygen atoms in total. The summed E-state index contributed by atoms with van der Waals surface area (Å²) >= 11 is 0. The lowest BCUT2D eigenvalue weighted by atomic mass is 9.96. The zero-order valence-corrected chi connectivity index (χ0v) is 15.8. The van der Waals surface area contributed by atoms with Crippen LogP contribution in [0.4, 0.5) is 0 Å². The maximum Gasteiger partial charge on any atom is 0.260 e. The molecule has 2 aromatic heterocycles. The van der Waals surface area contributed by atoms with Crippen molar-refractivity contribution in [3.63, 3.8) is 0 Å². The number of nitrogens with zero attached hydrogens (tertiary/aromatic N) is 4. The Morgan fingerprint density at radius 3 is 2.50 bits per heavy atom. The Balaban J connectivity index is 1.54. The molecular weight excluding hydrogens is 376 g/mol. The number of aromatic nitrogens is 2. The van der Waals surface area contributed by atoms with E-state index in [1.54, 1.807) is 42.6 Å². The Kier molecular flexibility index (Phi) is 4.94. The minimum Gasteiger partial charge on any atom is -0.448 e. The van der Waals surface area contributed by atoms with E-state index in [0.717, 1.165) is 11.3 Å². The molecule has 0 atom stereocenters. The maximum atomic E-state index is 13.0. The fourth-order valence-corrected chi connectivity index (χ4v) is 4.80. The molecule has 0 bridgehead atoms. The first-order valence-electron chi connectivity index (χ1n) is 8.94. The van der Waals surface area contributed by atoms with Crippen LogP contribution in [-0.2, 0) is 10.0 Å². The fraction of sp³-hybridized carbons (Fsp3) is 0.250. The van der Waals surface area contributed by atoms with Crippen LogP contribution in [0.3, 0.4) is 0 Å². The molecule has 0 spiro atoms. The van der Waals surface area contributed by atoms with Crippen molar-refractivity contribution in [3.05, 3.63) is 66.4 Å². The smallest absolute Gasteiger partial charge is 0.260 e. The van der Waals surface area contributed by atoms with Crippen molar-refractivity contribution in [1.82, 2.24) is 14.3 Å². The van der Waals surface area contributed by atoms with Crippen molar-refractivity contribution in [3.8, 4) is 17.3 Å². The highest BCUT2D eigenvalue weighted by Crippen LogP contribution is 2.30. The largest absolute Gasteiger partial charge is 0.448 e. The van der Waals surface area contributed by atoms with Gasteiger partial charge in [0.2, 0.25) is 0 Å². The van der Waals surface area contributed by atoms with Gasteiger partial charge in [0.1, 0.15) is 5.76 Å². The van der Waals surface area contributed by atoms with Crippen molar-refractivity contribution in [2.75, 3.05) is 13.1 Å². The summed E-state index contributed by atoms with van der Waals surface area (Å²) in [6, 6.07) is 13.9. The third-order valence-corrected chi connectivity index (χ3v) is 6.75. The van der Waals surface area contributed by atoms with Crippen LogP contribution in [0.2, 0.25) is 0 Å². The Bertz CT molecular complexity index is 1100. The van der Waals surface area contributed by atoms with Gasteiger partial charge in [-0.2, -0.15) is 9.57 Å². The van der Waals surface area contributed by atoms with E-state index < -0.39 is 10.0 Å². The number of rotatable bonds is 4. The molecule has 0 amide bonds. The van der Waals surface area contributed by atoms with Crippen LogP contribution in [0.25, 0.3) is 11.3 Å². The van der Waals surface area contributed by atoms with Gasteiger partial charge in [0.15, 0.2) is 11.4 Å². The summed E-state index contributed by atoms with van der Waals surface area (Å²) < 4.78 is 32.9. The number of nitriles is 1. The van der Waals surface area contributed by atoms with Gasteiger partial charge >= 0.3 is 0 Å². The van der Waals surface area contributed by atoms with Crippen molar-refractivity contribution in [1.29, 1.82) is 5.26 Å². The van der Waals surface area contributed by atoms with Crippen LogP contribution in [-0.4, -0.2) is 35.8 Å². The van der Waals surface area contributed by atoms with E-state index in [0.29, 0.717) is 37.2 Å². The van der Waals surface area contributed by atoms with Gasteiger partial charge in [-0.25, -0.2) is 18.4 Å². The van der Waals surface area contributed by atoms with Crippen molar-refractivity contribution in [2.24, 2.45) is 0 Å². The summed E-state index contributed by atoms with van der Waals surface area (Å²) in [7, 11) is -3.67. The molecule has 1 aliphatic rings. The van der Waals surface area contributed by atoms with E-state index in [1.807, 2.05) is 0 Å². The van der Waals surface area contributed by atoms with Gasteiger partial charge in [-0.1, -0.05) is 18.2 Å². The van der Waals surface area contributed by atoms with E-state index in [2.05, 4.69) is 16.0 Å². The third-order valence-electron chi connectivity index (χ3n) is 4.95. The first kappa shape index (κ1) is 18.3. The molecule has 0 aliphatic carbocycles. The number of oxazole rings is 1. The minimum atomic E-state index is -3.67. The van der Waals surface area contributed by atoms with Gasteiger partial charge < -0.3 is 4.42 Å². The minimum absolute atomic E-state index is 0.0347. The number of hydrogen-bond acceptors (Lipinski definition) is 6. The summed E-state index contributed by atoms with van der Waals surface area (Å²) in [5.41, 5.74) is 1.87. The van der Waals surface area contributed by atoms with Crippen LogP contribution in [0.5, 0.6) is 0 Å². The van der Waals surface area contributed by atoms with E-state index in [-0.39, 0.29) is 10.9 Å². The highest BCUT2D eigenvalue weighted by molar-refractivity contribution is 7.89. The predicted octanol–water partition coefficient (Wildman–Crippen LogP) is 3.18. The standard InChI is InChI=1S/C20H18N4O3S/c21-12-15-4-6-16(7-5-15)18-2-1-3-20(23-18)28(25,26)24-10-8-17(9-11-24)19-13-22-14-27-19/h1-7,13-14,17H,8-11H2. The zero-order valence-electron chi connectivity index (χ0n) is 15.0. The first-order chi connectivity index (χ1) is 13.6. The second-order valence-corrected chi connectivity index (χ2v) is 8.52. The molecule has 0 N–H and O–H groups in total. The molecule has 0 unspecified atom stereocenters. The second-order valence-electron chi connectivity index (χ2n) is 6.63. The number of benzene rings is 1. The van der Waals surface area contributed by atoms with Gasteiger partial charge in [0, 0.05) is 24.6 Å². The molecule has 142 valence electrons. The van der Waals surface area contributed by atoms with Crippen LogP contribution in [0.15, 0.2) is 64.5 Å². The summed E-state index contributed by atoms with van der Waals surface area (Å²) in [4.78, 5) is 8.31. The molecule has 28 heavy (non-hydrogen) atoms. The Labute approximate surface area is 163 Å². The Morgan fingerprint density at radius 1 is 1.11 bits per heavy atom. The lowest BCUT2D eigenvalue weighted by molar-refractivity contribution is 0.295. The van der Waals surface area contributed by atoms with E-state index in [4.69, 9.17) is 9.68 Å². The molecule has 1 fully saturated rings. The fourth-order valence-electron chi connectivity index (χ4n) is 3.37. The van der Waals surface area contributed by atoms with Gasteiger partial charge in [0.05, 0.1) is 23.5 Å². The highest BCUT2D eigenvalue weighted by Gasteiger charge is 2.32. The van der Waals surface area contributed by atoms with Crippen LogP contribution in [0.1, 0.15) is 30.1 Å². The summed E-state index contributed by atoms with van der Waals surface area (Å²) in [6.45, 7) is 0.826. The summed E-state index contributed by atoms with van der Waals surface area (Å²) in [5.74, 6) is 0.991. The average Bonchev–Trinajstić information content (AvgIpc) is 3.29. The molecule has 1 aliphatic heterocycles. The molecule has 4 rings (SSSR count). The Hall–Kier alpha value is -3.02. The lowest BCUT2D eigenvalue weighted by Gasteiger charge is -2.29. The highest BCUT2D eigenvalue weighted by atomic mass is 32.2. The number of piperidine rings is 1. The van der Waals surface area contributed by atoms with Crippen LogP contribution in [0, 0.1) is 11.3 Å². The van der Waals surface area contributed by atoms with Crippen molar-refractivity contribution in [2.45, 2.75) is 23.8 Å². The monoisotopic (exact) mass is 394 g/mol. The zero-order chi connectivity index (χ0) is 19.6. The average molecular weight is 394 g/mol. The van der Waals surface area contributed by atoms with Gasteiger partial charge in [0.25, 0.3) is 10.0 Å². The van der Waals surface area contributed by atoms with Crippen LogP contribution < -0.4 is 0 Å². The quantitative estimate of drug-likeness (QED) is 0.674. The molecule has 8 heteroatoms. The summed E-state index contributed by atoms with van der Waals surface area (Å²) in [5, 5.41) is 8.95. The lowest BCUT2D eigenvalue weighted by Crippen LogP contribution is -2.38. The van der Waals surface area contributed by atoms with E-state index >= 15 is 0 Å². The molecule has 0 radical (unpaired) electrons. The topological polar surface area (TPSA) is 100 Å². The van der Waals surface area contributed by atoms with Gasteiger partial charge in [-0.3, -0.25) is 0 Å². The van der Waals surface area contributed by atoms with Crippen LogP contribution >= 0.6 is 0 Å². The molecule has 0 saturated carbocycles. The predicted molar refractivity (Wildman–Crippen MR) is 102 cm³/mol. The van der Waals surface area contributed by atoms with E-state index in [1.165, 1.54) is 16.8 Å².